The minimum Gasteiger partial charge on any atom is -0.550 e. The number of rotatable bonds is 0. The Bertz CT molecular complexity index is 85.7. The van der Waals surface area contributed by atoms with Gasteiger partial charge in [-0.15, -0.1) is 0 Å². The third kappa shape index (κ3) is 421. The van der Waals surface area contributed by atoms with Crippen LogP contribution in [0.4, 0.5) is 0 Å². The fourth-order valence-corrected chi connectivity index (χ4v) is 0. The van der Waals surface area contributed by atoms with Crippen molar-refractivity contribution in [2.45, 2.75) is 20.8 Å². The Labute approximate surface area is 72.0 Å². The Morgan fingerprint density at radius 1 is 1.17 bits per heavy atom. The first-order valence-corrected chi connectivity index (χ1v) is 3.02. The van der Waals surface area contributed by atoms with E-state index >= 15 is 0 Å². The molecule has 0 unspecified atom stereocenters. The molecule has 7 N–H and O–H groups in total. The molecule has 0 saturated heterocycles. The summed E-state index contributed by atoms with van der Waals surface area (Å²) in [6, 6.07) is 0. The van der Waals surface area contributed by atoms with Gasteiger partial charge in [0, 0.05) is 11.9 Å². The smallest absolute Gasteiger partial charge is 0.0711 e. The van der Waals surface area contributed by atoms with Crippen molar-refractivity contribution < 1.29 is 25.5 Å². The van der Waals surface area contributed by atoms with Gasteiger partial charge < -0.3 is 31.7 Å². The molecule has 12 heavy (non-hydrogen) atoms. The van der Waals surface area contributed by atoms with Crippen LogP contribution in [0.3, 0.4) is 0 Å². The highest BCUT2D eigenvalue weighted by Crippen LogP contribution is 1.31. The molecule has 0 rings (SSSR count). The van der Waals surface area contributed by atoms with Crippen LogP contribution >= 0.6 is 0 Å². The van der Waals surface area contributed by atoms with Crippen LogP contribution in [-0.4, -0.2) is 18.5 Å². The predicted molar refractivity (Wildman–Crippen MR) is 40.8 cm³/mol. The van der Waals surface area contributed by atoms with Crippen molar-refractivity contribution >= 4 is 11.9 Å². The SMILES string of the molecule is CC(=O)[O-].CC(=O)[O-].CC[NH3+].[NH4+]. The van der Waals surface area contributed by atoms with Crippen molar-refractivity contribution in [3.8, 4) is 0 Å². The van der Waals surface area contributed by atoms with Gasteiger partial charge in [0.25, 0.3) is 0 Å². The minimum absolute atomic E-state index is 0. The quantitative estimate of drug-likeness (QED) is 0.415. The van der Waals surface area contributed by atoms with Gasteiger partial charge in [0.15, 0.2) is 0 Å². The number of quaternary nitrogens is 2. The summed E-state index contributed by atoms with van der Waals surface area (Å²) < 4.78 is 0. The van der Waals surface area contributed by atoms with Gasteiger partial charge >= 0.3 is 0 Å². The summed E-state index contributed by atoms with van der Waals surface area (Å²) in [4.78, 5) is 17.8. The van der Waals surface area contributed by atoms with Crippen molar-refractivity contribution in [1.82, 2.24) is 6.15 Å². The standard InChI is InChI=1S/C2H7N.2C2H4O2.H3N/c1-2-3;2*1-2(3)4;/h2-3H2,1H3;2*1H3,(H,3,4);1H3. The lowest BCUT2D eigenvalue weighted by Crippen LogP contribution is -2.48. The zero-order valence-electron chi connectivity index (χ0n) is 8.05. The largest absolute Gasteiger partial charge is 0.550 e. The number of carboxylic acids is 2. The highest BCUT2D eigenvalue weighted by Gasteiger charge is 1.46. The van der Waals surface area contributed by atoms with E-state index in [2.05, 4.69) is 5.73 Å². The van der Waals surface area contributed by atoms with Crippen molar-refractivity contribution in [2.24, 2.45) is 0 Å². The summed E-state index contributed by atoms with van der Waals surface area (Å²) in [7, 11) is 0. The van der Waals surface area contributed by atoms with Crippen LogP contribution in [-0.2, 0) is 9.59 Å². The first-order chi connectivity index (χ1) is 4.88. The van der Waals surface area contributed by atoms with E-state index in [1.807, 2.05) is 6.92 Å². The Kier molecular flexibility index (Phi) is 42.1. The monoisotopic (exact) mass is 182 g/mol. The van der Waals surface area contributed by atoms with E-state index in [4.69, 9.17) is 19.8 Å². The highest BCUT2D eigenvalue weighted by molar-refractivity contribution is 5.60. The molecule has 0 aliphatic heterocycles. The zero-order chi connectivity index (χ0) is 9.86. The van der Waals surface area contributed by atoms with Crippen molar-refractivity contribution in [3.05, 3.63) is 0 Å². The number of carboxylic acid groups (broad SMARTS) is 2. The zero-order valence-corrected chi connectivity index (χ0v) is 8.05. The van der Waals surface area contributed by atoms with Gasteiger partial charge in [-0.25, -0.2) is 0 Å². The van der Waals surface area contributed by atoms with Gasteiger partial charge in [0.2, 0.25) is 0 Å². The van der Waals surface area contributed by atoms with Gasteiger partial charge in [-0.2, -0.15) is 0 Å². The van der Waals surface area contributed by atoms with Crippen LogP contribution < -0.4 is 22.1 Å². The molecule has 0 spiro atoms. The molecular formula is C6H18N2O4. The summed E-state index contributed by atoms with van der Waals surface area (Å²) in [5, 5.41) is 17.8. The maximum atomic E-state index is 8.89. The molecule has 0 aliphatic carbocycles. The van der Waals surface area contributed by atoms with Gasteiger partial charge in [0.05, 0.1) is 6.54 Å². The second kappa shape index (κ2) is 22.5. The molecule has 76 valence electrons. The molecule has 0 radical (unpaired) electrons. The second-order valence-electron chi connectivity index (χ2n) is 1.48. The first-order valence-electron chi connectivity index (χ1n) is 3.02. The molecule has 0 aromatic carbocycles. The molecule has 0 aliphatic rings. The predicted octanol–water partition coefficient (Wildman–Crippen LogP) is -2.86. The second-order valence-corrected chi connectivity index (χ2v) is 1.48. The average molecular weight is 182 g/mol. The highest BCUT2D eigenvalue weighted by atomic mass is 16.4. The molecule has 0 bridgehead atoms. The maximum Gasteiger partial charge on any atom is 0.0711 e. The lowest BCUT2D eigenvalue weighted by Gasteiger charge is -1.77. The van der Waals surface area contributed by atoms with E-state index < -0.39 is 11.9 Å². The summed E-state index contributed by atoms with van der Waals surface area (Å²) in [6.45, 7) is 4.96. The Morgan fingerprint density at radius 2 is 1.17 bits per heavy atom. The third-order valence-electron chi connectivity index (χ3n) is 0. The van der Waals surface area contributed by atoms with Gasteiger partial charge in [0.1, 0.15) is 0 Å². The average Bonchev–Trinajstić information content (AvgIpc) is 1.60. The fourth-order valence-electron chi connectivity index (χ4n) is 0. The number of aliphatic carboxylic acids is 2. The van der Waals surface area contributed by atoms with E-state index in [-0.39, 0.29) is 6.15 Å². The molecule has 0 heterocycles. The number of hydrogen-bond acceptors (Lipinski definition) is 4. The Hall–Kier alpha value is -1.14. The number of hydrogen-bond donors (Lipinski definition) is 2. The van der Waals surface area contributed by atoms with Crippen molar-refractivity contribution in [3.63, 3.8) is 0 Å². The fraction of sp³-hybridized carbons (Fsp3) is 0.667. The van der Waals surface area contributed by atoms with Crippen LogP contribution in [0.1, 0.15) is 20.8 Å². The molecular weight excluding hydrogens is 164 g/mol. The van der Waals surface area contributed by atoms with E-state index in [9.17, 15) is 0 Å². The van der Waals surface area contributed by atoms with E-state index in [0.29, 0.717) is 0 Å². The molecule has 0 amide bonds. The van der Waals surface area contributed by atoms with E-state index in [0.717, 1.165) is 20.4 Å². The van der Waals surface area contributed by atoms with E-state index in [1.165, 1.54) is 0 Å². The summed E-state index contributed by atoms with van der Waals surface area (Å²) in [6.07, 6.45) is 0. The van der Waals surface area contributed by atoms with Crippen LogP contribution in [0, 0.1) is 0 Å². The molecule has 0 atom stereocenters. The molecule has 0 aromatic rings. The number of carbonyl (C=O) groups is 2. The maximum absolute atomic E-state index is 8.89. The molecule has 0 saturated carbocycles. The summed E-state index contributed by atoms with van der Waals surface area (Å²) >= 11 is 0. The van der Waals surface area contributed by atoms with Crippen LogP contribution in [0.5, 0.6) is 0 Å². The lowest BCUT2D eigenvalue weighted by molar-refractivity contribution is -0.361. The van der Waals surface area contributed by atoms with Gasteiger partial charge in [-0.3, -0.25) is 0 Å². The van der Waals surface area contributed by atoms with Gasteiger partial charge in [-0.05, 0) is 20.8 Å². The molecule has 0 aromatic heterocycles. The third-order valence-corrected chi connectivity index (χ3v) is 0. The van der Waals surface area contributed by atoms with Crippen molar-refractivity contribution in [2.75, 3.05) is 6.54 Å². The molecule has 6 heteroatoms. The summed E-state index contributed by atoms with van der Waals surface area (Å²) in [5.74, 6) is -2.17. The minimum atomic E-state index is -1.08. The normalized spacial score (nSPS) is 5.67. The van der Waals surface area contributed by atoms with Crippen molar-refractivity contribution in [1.29, 1.82) is 0 Å². The van der Waals surface area contributed by atoms with Crippen LogP contribution in [0.15, 0.2) is 0 Å². The molecule has 0 fully saturated rings. The van der Waals surface area contributed by atoms with Gasteiger partial charge in [-0.1, -0.05) is 0 Å². The number of carbonyl (C=O) groups excluding carboxylic acids is 2. The van der Waals surface area contributed by atoms with E-state index in [1.54, 1.807) is 0 Å². The topological polar surface area (TPSA) is 144 Å². The van der Waals surface area contributed by atoms with Crippen LogP contribution in [0.2, 0.25) is 0 Å². The Morgan fingerprint density at radius 3 is 1.17 bits per heavy atom. The lowest BCUT2D eigenvalue weighted by atomic mass is 10.8. The first kappa shape index (κ1) is 22.4. The summed E-state index contributed by atoms with van der Waals surface area (Å²) in [5.41, 5.74) is 3.49. The van der Waals surface area contributed by atoms with Crippen LogP contribution in [0.25, 0.3) is 0 Å². The Balaban J connectivity index is -0.0000000389. The molecule has 6 nitrogen and oxygen atoms in total.